The van der Waals surface area contributed by atoms with Crippen molar-refractivity contribution in [3.05, 3.63) is 121 Å². The van der Waals surface area contributed by atoms with Gasteiger partial charge in [0.05, 0.1) is 0 Å². The van der Waals surface area contributed by atoms with E-state index in [0.717, 1.165) is 20.8 Å². The van der Waals surface area contributed by atoms with Crippen LogP contribution in [0.3, 0.4) is 0 Å². The molecule has 0 aliphatic heterocycles. The fourth-order valence-corrected chi connectivity index (χ4v) is 13.0. The number of hydrogen-bond donors (Lipinski definition) is 0. The zero-order valence-corrected chi connectivity index (χ0v) is 19.7. The van der Waals surface area contributed by atoms with Crippen LogP contribution in [0.15, 0.2) is 126 Å². The number of benzene rings is 4. The van der Waals surface area contributed by atoms with E-state index < -0.39 is 5.31 Å². The fourth-order valence-electron chi connectivity index (χ4n) is 3.83. The number of carbonyl (C=O) groups is 1. The van der Waals surface area contributed by atoms with Crippen molar-refractivity contribution in [2.45, 2.75) is 4.90 Å². The van der Waals surface area contributed by atoms with Gasteiger partial charge in [0, 0.05) is 0 Å². The van der Waals surface area contributed by atoms with E-state index in [4.69, 9.17) is 0 Å². The Kier molecular flexibility index (Phi) is 6.24. The van der Waals surface area contributed by atoms with Gasteiger partial charge in [0.15, 0.2) is 0 Å². The van der Waals surface area contributed by atoms with Crippen LogP contribution in [0.5, 0.6) is 0 Å². The van der Waals surface area contributed by atoms with Crippen molar-refractivity contribution < 1.29 is 4.79 Å². The summed E-state index contributed by atoms with van der Waals surface area (Å²) in [5.74, 6) is 0. The molecule has 4 rings (SSSR count). The van der Waals surface area contributed by atoms with Crippen molar-refractivity contribution >= 4 is 53.6 Å². The van der Waals surface area contributed by atoms with Crippen LogP contribution in [0.2, 0.25) is 0 Å². The van der Waals surface area contributed by atoms with E-state index in [9.17, 15) is 4.79 Å². The molecule has 0 N–H and O–H groups in total. The molecule has 0 bridgehead atoms. The minimum atomic E-state index is -3.22. The van der Waals surface area contributed by atoms with Crippen LogP contribution in [0.1, 0.15) is 0 Å². The summed E-state index contributed by atoms with van der Waals surface area (Å²) in [6.45, 7) is 0. The summed E-state index contributed by atoms with van der Waals surface area (Å²) in [7, 11) is 0. The first-order valence-electron chi connectivity index (χ1n) is 9.76. The first-order valence-corrected chi connectivity index (χ1v) is 15.0. The summed E-state index contributed by atoms with van der Waals surface area (Å²) in [6, 6.07) is 41.1. The van der Waals surface area contributed by atoms with Gasteiger partial charge < -0.3 is 0 Å². The molecule has 0 saturated carbocycles. The molecule has 0 aliphatic rings. The number of hydrogen-bond acceptors (Lipinski definition) is 2. The predicted octanol–water partition coefficient (Wildman–Crippen LogP) is 6.15. The zero-order valence-electron chi connectivity index (χ0n) is 16.4. The van der Waals surface area contributed by atoms with Crippen molar-refractivity contribution in [1.82, 2.24) is 0 Å². The van der Waals surface area contributed by atoms with Crippen molar-refractivity contribution in [3.63, 3.8) is 0 Å². The van der Waals surface area contributed by atoms with Gasteiger partial charge >= 0.3 is 191 Å². The molecule has 0 fully saturated rings. The van der Waals surface area contributed by atoms with Gasteiger partial charge in [-0.05, 0) is 0 Å². The zero-order chi connectivity index (χ0) is 20.9. The Hall–Kier alpha value is -2.19. The van der Waals surface area contributed by atoms with Crippen molar-refractivity contribution in [2.75, 3.05) is 6.16 Å². The molecule has 0 aromatic heterocycles. The van der Waals surface area contributed by atoms with Gasteiger partial charge in [-0.2, -0.15) is 0 Å². The summed E-state index contributed by atoms with van der Waals surface area (Å²) < 4.78 is 0. The molecule has 4 heteroatoms. The molecule has 30 heavy (non-hydrogen) atoms. The molecule has 0 heterocycles. The van der Waals surface area contributed by atoms with Crippen LogP contribution in [0.25, 0.3) is 0 Å². The summed E-state index contributed by atoms with van der Waals surface area (Å²) in [5.41, 5.74) is 0. The molecule has 0 radical (unpaired) electrons. The SMILES string of the molecule is O=C(CP(Br)(c1ccccc1)(c1ccccc1)c1ccccc1)Sc1ccccc1. The minimum absolute atomic E-state index is 0.146. The third kappa shape index (κ3) is 3.90. The second-order valence-electron chi connectivity index (χ2n) is 7.13. The summed E-state index contributed by atoms with van der Waals surface area (Å²) in [5, 5.41) is 0.397. The quantitative estimate of drug-likeness (QED) is 0.237. The average molecular weight is 493 g/mol. The maximum atomic E-state index is 13.5. The van der Waals surface area contributed by atoms with Crippen LogP contribution in [0.4, 0.5) is 0 Å². The van der Waals surface area contributed by atoms with Crippen LogP contribution < -0.4 is 15.9 Å². The van der Waals surface area contributed by atoms with Crippen molar-refractivity contribution in [2.24, 2.45) is 0 Å². The molecular formula is C26H22BrOPS. The van der Waals surface area contributed by atoms with E-state index in [1.54, 1.807) is 0 Å². The fraction of sp³-hybridized carbons (Fsp3) is 0.0385. The predicted molar refractivity (Wildman–Crippen MR) is 136 cm³/mol. The van der Waals surface area contributed by atoms with Crippen LogP contribution in [-0.4, -0.2) is 11.3 Å². The van der Waals surface area contributed by atoms with E-state index in [1.807, 2.05) is 48.5 Å². The summed E-state index contributed by atoms with van der Waals surface area (Å²) in [4.78, 5) is 14.5. The van der Waals surface area contributed by atoms with E-state index >= 15 is 0 Å². The van der Waals surface area contributed by atoms with Crippen molar-refractivity contribution in [1.29, 1.82) is 0 Å². The molecule has 0 saturated heterocycles. The molecule has 0 aliphatic carbocycles. The van der Waals surface area contributed by atoms with E-state index in [0.29, 0.717) is 6.16 Å². The third-order valence-corrected chi connectivity index (χ3v) is 15.8. The summed E-state index contributed by atoms with van der Waals surface area (Å²) >= 11 is 5.64. The monoisotopic (exact) mass is 492 g/mol. The second kappa shape index (κ2) is 8.89. The normalized spacial score (nSPS) is 12.6. The first kappa shape index (κ1) is 21.1. The Morgan fingerprint density at radius 3 is 1.30 bits per heavy atom. The number of thioether (sulfide) groups is 1. The Labute approximate surface area is 190 Å². The molecule has 0 atom stereocenters. The first-order chi connectivity index (χ1) is 14.6. The van der Waals surface area contributed by atoms with Gasteiger partial charge in [0.2, 0.25) is 0 Å². The van der Waals surface area contributed by atoms with Gasteiger partial charge in [-0.1, -0.05) is 0 Å². The Morgan fingerprint density at radius 2 is 0.933 bits per heavy atom. The topological polar surface area (TPSA) is 17.1 Å². The van der Waals surface area contributed by atoms with Gasteiger partial charge in [0.1, 0.15) is 0 Å². The molecule has 150 valence electrons. The van der Waals surface area contributed by atoms with E-state index in [-0.39, 0.29) is 5.12 Å². The number of carbonyl (C=O) groups excluding carboxylic acids is 1. The van der Waals surface area contributed by atoms with Crippen LogP contribution >= 0.6 is 32.6 Å². The standard InChI is InChI=1S/C26H22BrOPS/c27-29(22-13-5-1-6-14-22,23-15-7-2-8-16-23,24-17-9-3-10-18-24)21-26(28)30-25-19-11-4-12-20-25/h1-20H,21H2. The molecular weight excluding hydrogens is 471 g/mol. The molecule has 0 amide bonds. The van der Waals surface area contributed by atoms with Gasteiger partial charge in [-0.25, -0.2) is 0 Å². The Bertz CT molecular complexity index is 1020. The Morgan fingerprint density at radius 1 is 0.600 bits per heavy atom. The van der Waals surface area contributed by atoms with Crippen molar-refractivity contribution in [3.8, 4) is 0 Å². The second-order valence-corrected chi connectivity index (χ2v) is 17.2. The number of rotatable bonds is 6. The molecule has 0 unspecified atom stereocenters. The average Bonchev–Trinajstić information content (AvgIpc) is 2.81. The van der Waals surface area contributed by atoms with Gasteiger partial charge in [-0.3, -0.25) is 0 Å². The van der Waals surface area contributed by atoms with Gasteiger partial charge in [0.25, 0.3) is 0 Å². The van der Waals surface area contributed by atoms with Crippen LogP contribution in [0, 0.1) is 0 Å². The molecule has 0 spiro atoms. The summed E-state index contributed by atoms with van der Waals surface area (Å²) in [6.07, 6.45) is 0.392. The third-order valence-electron chi connectivity index (χ3n) is 5.28. The van der Waals surface area contributed by atoms with Gasteiger partial charge in [-0.15, -0.1) is 0 Å². The Balaban J connectivity index is 1.93. The van der Waals surface area contributed by atoms with E-state index in [2.05, 4.69) is 88.3 Å². The number of halogens is 1. The molecule has 1 nitrogen and oxygen atoms in total. The van der Waals surface area contributed by atoms with E-state index in [1.165, 1.54) is 11.8 Å². The molecule has 4 aromatic rings. The molecule has 4 aromatic carbocycles. The van der Waals surface area contributed by atoms with Crippen LogP contribution in [-0.2, 0) is 4.79 Å². The maximum absolute atomic E-state index is 13.5.